The van der Waals surface area contributed by atoms with Crippen molar-refractivity contribution in [2.75, 3.05) is 12.3 Å². The number of aromatic nitrogens is 4. The molecule has 2 aromatic rings. The summed E-state index contributed by atoms with van der Waals surface area (Å²) in [5.41, 5.74) is 5.96. The van der Waals surface area contributed by atoms with E-state index in [0.29, 0.717) is 17.6 Å². The van der Waals surface area contributed by atoms with Crippen molar-refractivity contribution in [2.24, 2.45) is 5.92 Å². The average molecular weight is 347 g/mol. The van der Waals surface area contributed by atoms with E-state index in [1.807, 2.05) is 0 Å². The third-order valence-electron chi connectivity index (χ3n) is 4.59. The minimum atomic E-state index is -1.40. The zero-order valence-electron chi connectivity index (χ0n) is 13.8. The molecular formula is C15H17N5O5. The maximum absolute atomic E-state index is 11.7. The fraction of sp³-hybridized carbons (Fsp3) is 0.533. The average Bonchev–Trinajstić information content (AvgIpc) is 2.91. The first kappa shape index (κ1) is 15.8. The summed E-state index contributed by atoms with van der Waals surface area (Å²) in [6.07, 6.45) is 3.90. The second kappa shape index (κ2) is 5.12. The number of rotatable bonds is 4. The Hall–Kier alpha value is -2.75. The summed E-state index contributed by atoms with van der Waals surface area (Å²) < 4.78 is 18.4. The molecular weight excluding hydrogens is 330 g/mol. The van der Waals surface area contributed by atoms with E-state index in [-0.39, 0.29) is 24.3 Å². The molecule has 0 unspecified atom stereocenters. The molecule has 2 fully saturated rings. The summed E-state index contributed by atoms with van der Waals surface area (Å²) in [5.74, 6) is -1.97. The summed E-state index contributed by atoms with van der Waals surface area (Å²) in [6, 6.07) is 0. The Balaban J connectivity index is 1.73. The van der Waals surface area contributed by atoms with E-state index in [1.165, 1.54) is 26.5 Å². The number of hydrogen-bond acceptors (Lipinski definition) is 9. The van der Waals surface area contributed by atoms with Crippen LogP contribution >= 0.6 is 0 Å². The maximum Gasteiger partial charge on any atom is 0.306 e. The zero-order valence-corrected chi connectivity index (χ0v) is 13.8. The molecule has 10 nitrogen and oxygen atoms in total. The van der Waals surface area contributed by atoms with Crippen LogP contribution in [0.2, 0.25) is 0 Å². The van der Waals surface area contributed by atoms with Crippen LogP contribution in [0.1, 0.15) is 26.7 Å². The van der Waals surface area contributed by atoms with Crippen LogP contribution < -0.4 is 5.73 Å². The van der Waals surface area contributed by atoms with E-state index >= 15 is 0 Å². The van der Waals surface area contributed by atoms with Gasteiger partial charge in [-0.05, 0) is 6.42 Å². The van der Waals surface area contributed by atoms with Gasteiger partial charge in [0.1, 0.15) is 30.4 Å². The molecule has 0 spiro atoms. The molecule has 1 saturated heterocycles. The van der Waals surface area contributed by atoms with Crippen molar-refractivity contribution in [1.82, 2.24) is 19.5 Å². The Bertz CT molecular complexity index is 882. The van der Waals surface area contributed by atoms with Crippen molar-refractivity contribution in [2.45, 2.75) is 38.2 Å². The van der Waals surface area contributed by atoms with Gasteiger partial charge in [-0.25, -0.2) is 15.0 Å². The molecule has 25 heavy (non-hydrogen) atoms. The highest BCUT2D eigenvalue weighted by molar-refractivity contribution is 5.81. The van der Waals surface area contributed by atoms with Crippen molar-refractivity contribution in [3.8, 4) is 0 Å². The van der Waals surface area contributed by atoms with Gasteiger partial charge in [0, 0.05) is 26.2 Å². The number of fused-ring (bicyclic) bond motifs is 2. The molecule has 2 N–H and O–H groups in total. The molecule has 0 amide bonds. The zero-order chi connectivity index (χ0) is 17.8. The predicted octanol–water partition coefficient (Wildman–Crippen LogP) is 0.324. The van der Waals surface area contributed by atoms with Crippen LogP contribution in [-0.2, 0) is 29.7 Å². The molecule has 4 rings (SSSR count). The van der Waals surface area contributed by atoms with Gasteiger partial charge in [0.2, 0.25) is 0 Å². The Kier molecular flexibility index (Phi) is 3.23. The van der Waals surface area contributed by atoms with Gasteiger partial charge in [0.15, 0.2) is 11.5 Å². The minimum Gasteiger partial charge on any atom is -0.463 e. The number of esters is 2. The van der Waals surface area contributed by atoms with Crippen LogP contribution in [0.3, 0.4) is 0 Å². The SMILES string of the molecule is CC(=O)OC[C@]12C[C@H]1C[C@](OC(C)=O)(n1cnc3c(N)ncnc31)O2. The highest BCUT2D eigenvalue weighted by Gasteiger charge is 2.70. The van der Waals surface area contributed by atoms with Gasteiger partial charge in [0.25, 0.3) is 0 Å². The second-order valence-corrected chi connectivity index (χ2v) is 6.40. The van der Waals surface area contributed by atoms with Crippen molar-refractivity contribution in [1.29, 1.82) is 0 Å². The molecule has 2 aromatic heterocycles. The lowest BCUT2D eigenvalue weighted by Crippen LogP contribution is -2.41. The van der Waals surface area contributed by atoms with Crippen LogP contribution in [0.5, 0.6) is 0 Å². The number of nitrogen functional groups attached to an aromatic ring is 1. The molecule has 2 aliphatic rings. The third kappa shape index (κ3) is 2.40. The quantitative estimate of drug-likeness (QED) is 0.777. The molecule has 1 aliphatic carbocycles. The largest absolute Gasteiger partial charge is 0.463 e. The maximum atomic E-state index is 11.7. The first-order valence-corrected chi connectivity index (χ1v) is 7.82. The fourth-order valence-electron chi connectivity index (χ4n) is 3.43. The first-order valence-electron chi connectivity index (χ1n) is 7.82. The van der Waals surface area contributed by atoms with Gasteiger partial charge in [-0.1, -0.05) is 0 Å². The van der Waals surface area contributed by atoms with Crippen LogP contribution in [-0.4, -0.2) is 43.7 Å². The fourth-order valence-corrected chi connectivity index (χ4v) is 3.43. The van der Waals surface area contributed by atoms with E-state index in [4.69, 9.17) is 19.9 Å². The van der Waals surface area contributed by atoms with Crippen LogP contribution in [0.4, 0.5) is 5.82 Å². The molecule has 0 aromatic carbocycles. The third-order valence-corrected chi connectivity index (χ3v) is 4.59. The van der Waals surface area contributed by atoms with E-state index in [1.54, 1.807) is 4.57 Å². The van der Waals surface area contributed by atoms with Crippen molar-refractivity contribution in [3.63, 3.8) is 0 Å². The van der Waals surface area contributed by atoms with Crippen molar-refractivity contribution >= 4 is 28.9 Å². The molecule has 3 atom stereocenters. The van der Waals surface area contributed by atoms with Crippen LogP contribution in [0, 0.1) is 5.92 Å². The van der Waals surface area contributed by atoms with E-state index in [2.05, 4.69) is 15.0 Å². The van der Waals surface area contributed by atoms with Crippen LogP contribution in [0.15, 0.2) is 12.7 Å². The van der Waals surface area contributed by atoms with E-state index < -0.39 is 17.5 Å². The smallest absolute Gasteiger partial charge is 0.306 e. The predicted molar refractivity (Wildman–Crippen MR) is 82.6 cm³/mol. The van der Waals surface area contributed by atoms with Crippen LogP contribution in [0.25, 0.3) is 11.2 Å². The van der Waals surface area contributed by atoms with E-state index in [0.717, 1.165) is 6.42 Å². The minimum absolute atomic E-state index is 0.0998. The number of carbonyl (C=O) groups is 2. The highest BCUT2D eigenvalue weighted by Crippen LogP contribution is 2.62. The Morgan fingerprint density at radius 3 is 2.84 bits per heavy atom. The summed E-state index contributed by atoms with van der Waals surface area (Å²) in [7, 11) is 0. The van der Waals surface area contributed by atoms with Gasteiger partial charge < -0.3 is 19.9 Å². The van der Waals surface area contributed by atoms with Crippen molar-refractivity contribution in [3.05, 3.63) is 12.7 Å². The Labute approximate surface area is 142 Å². The molecule has 1 saturated carbocycles. The highest BCUT2D eigenvalue weighted by atomic mass is 16.8. The lowest BCUT2D eigenvalue weighted by Gasteiger charge is -2.32. The molecule has 10 heteroatoms. The molecule has 0 bridgehead atoms. The summed E-state index contributed by atoms with van der Waals surface area (Å²) in [5, 5.41) is 0. The number of nitrogens with two attached hydrogens (primary N) is 1. The number of imidazole rings is 1. The van der Waals surface area contributed by atoms with Gasteiger partial charge >= 0.3 is 17.8 Å². The number of hydrogen-bond donors (Lipinski definition) is 1. The molecule has 1 aliphatic heterocycles. The standard InChI is InChI=1S/C15H17N5O5/c1-8(21)23-5-14-3-10(14)4-15(25-14,24-9(2)22)20-7-19-11-12(16)17-6-18-13(11)20/h6-7,10H,3-5H2,1-2H3,(H2,16,17,18)/t10-,14+,15+/m0/s1. The summed E-state index contributed by atoms with van der Waals surface area (Å²) in [6.45, 7) is 2.75. The summed E-state index contributed by atoms with van der Waals surface area (Å²) in [4.78, 5) is 35.1. The molecule has 132 valence electrons. The van der Waals surface area contributed by atoms with Crippen molar-refractivity contribution < 1.29 is 23.8 Å². The van der Waals surface area contributed by atoms with Gasteiger partial charge in [-0.15, -0.1) is 0 Å². The Morgan fingerprint density at radius 1 is 1.32 bits per heavy atom. The van der Waals surface area contributed by atoms with Gasteiger partial charge in [-0.2, -0.15) is 0 Å². The number of nitrogens with zero attached hydrogens (tertiary/aromatic N) is 4. The first-order chi connectivity index (χ1) is 11.9. The topological polar surface area (TPSA) is 131 Å². The Morgan fingerprint density at radius 2 is 2.12 bits per heavy atom. The monoisotopic (exact) mass is 347 g/mol. The van der Waals surface area contributed by atoms with Gasteiger partial charge in [0.05, 0.1) is 0 Å². The number of carbonyl (C=O) groups excluding carboxylic acids is 2. The number of ether oxygens (including phenoxy) is 3. The van der Waals surface area contributed by atoms with Gasteiger partial charge in [-0.3, -0.25) is 14.2 Å². The lowest BCUT2D eigenvalue weighted by atomic mass is 10.2. The van der Waals surface area contributed by atoms with E-state index in [9.17, 15) is 9.59 Å². The number of anilines is 1. The normalized spacial score (nSPS) is 30.1. The molecule has 0 radical (unpaired) electrons. The molecule has 3 heterocycles. The lowest BCUT2D eigenvalue weighted by molar-refractivity contribution is -0.286. The second-order valence-electron chi connectivity index (χ2n) is 6.40. The summed E-state index contributed by atoms with van der Waals surface area (Å²) >= 11 is 0.